The number of carbonyl (C=O) groups is 1. The Morgan fingerprint density at radius 1 is 1.27 bits per heavy atom. The van der Waals surface area contributed by atoms with Crippen molar-refractivity contribution in [2.24, 2.45) is 0 Å². The molecule has 3 aromatic rings. The Hall–Kier alpha value is -2.39. The van der Waals surface area contributed by atoms with Gasteiger partial charge in [-0.1, -0.05) is 23.9 Å². The number of benzene rings is 1. The summed E-state index contributed by atoms with van der Waals surface area (Å²) in [6.45, 7) is 0. The number of hydrogen-bond acceptors (Lipinski definition) is 6. The van der Waals surface area contributed by atoms with Crippen molar-refractivity contribution >= 4 is 45.0 Å². The summed E-state index contributed by atoms with van der Waals surface area (Å²) < 4.78 is 1.85. The van der Waals surface area contributed by atoms with Crippen molar-refractivity contribution in [2.75, 3.05) is 11.1 Å². The van der Waals surface area contributed by atoms with E-state index in [1.54, 1.807) is 0 Å². The van der Waals surface area contributed by atoms with Crippen LogP contribution in [0.25, 0.3) is 10.2 Å². The minimum Gasteiger partial charge on any atom is -0.311 e. The molecule has 1 aromatic carbocycles. The summed E-state index contributed by atoms with van der Waals surface area (Å²) in [6.07, 6.45) is 0. The summed E-state index contributed by atoms with van der Waals surface area (Å²) in [7, 11) is 0. The lowest BCUT2D eigenvalue weighted by Gasteiger charge is -2.02. The summed E-state index contributed by atoms with van der Waals surface area (Å²) in [5, 5.41) is 2.47. The average Bonchev–Trinajstić information content (AvgIpc) is 2.87. The van der Waals surface area contributed by atoms with Crippen LogP contribution in [0.2, 0.25) is 0 Å². The third-order valence-electron chi connectivity index (χ3n) is 2.64. The SMILES string of the molecule is O=C(CSc1nc2ccccc2s1)Nc1cc(=O)[nH]c(=O)[nH]1. The molecule has 0 saturated carbocycles. The first-order valence-corrected chi connectivity index (χ1v) is 8.02. The number of nitrogens with zero attached hydrogens (tertiary/aromatic N) is 1. The van der Waals surface area contributed by atoms with Crippen molar-refractivity contribution in [2.45, 2.75) is 4.34 Å². The van der Waals surface area contributed by atoms with Gasteiger partial charge in [0.1, 0.15) is 5.82 Å². The van der Waals surface area contributed by atoms with Gasteiger partial charge in [-0.05, 0) is 12.1 Å². The van der Waals surface area contributed by atoms with Crippen LogP contribution in [0.1, 0.15) is 0 Å². The molecule has 0 spiro atoms. The third kappa shape index (κ3) is 3.43. The van der Waals surface area contributed by atoms with Gasteiger partial charge in [0, 0.05) is 6.07 Å². The summed E-state index contributed by atoms with van der Waals surface area (Å²) >= 11 is 2.81. The molecular weight excluding hydrogens is 324 g/mol. The van der Waals surface area contributed by atoms with Gasteiger partial charge >= 0.3 is 5.69 Å². The van der Waals surface area contributed by atoms with E-state index < -0.39 is 11.2 Å². The lowest BCUT2D eigenvalue weighted by Crippen LogP contribution is -2.25. The molecule has 0 aliphatic rings. The van der Waals surface area contributed by atoms with E-state index in [9.17, 15) is 14.4 Å². The smallest absolute Gasteiger partial charge is 0.311 e. The Morgan fingerprint density at radius 3 is 2.86 bits per heavy atom. The largest absolute Gasteiger partial charge is 0.327 e. The van der Waals surface area contributed by atoms with Gasteiger partial charge in [-0.15, -0.1) is 11.3 Å². The maximum absolute atomic E-state index is 11.8. The number of thioether (sulfide) groups is 1. The van der Waals surface area contributed by atoms with Crippen LogP contribution >= 0.6 is 23.1 Å². The number of nitrogens with one attached hydrogen (secondary N) is 3. The molecule has 7 nitrogen and oxygen atoms in total. The average molecular weight is 334 g/mol. The molecular formula is C13H10N4O3S2. The molecule has 0 atom stereocenters. The second-order valence-corrected chi connectivity index (χ2v) is 6.54. The number of hydrogen-bond donors (Lipinski definition) is 3. The van der Waals surface area contributed by atoms with Crippen molar-refractivity contribution in [3.8, 4) is 0 Å². The second kappa shape index (κ2) is 6.16. The molecule has 0 saturated heterocycles. The number of H-pyrrole nitrogens is 2. The van der Waals surface area contributed by atoms with Gasteiger partial charge in [-0.3, -0.25) is 19.6 Å². The topological polar surface area (TPSA) is 108 Å². The third-order valence-corrected chi connectivity index (χ3v) is 4.81. The molecule has 2 heterocycles. The zero-order chi connectivity index (χ0) is 15.5. The molecule has 3 N–H and O–H groups in total. The fourth-order valence-corrected chi connectivity index (χ4v) is 3.63. The van der Waals surface area contributed by atoms with Gasteiger partial charge in [0.25, 0.3) is 5.56 Å². The Labute approximate surface area is 131 Å². The van der Waals surface area contributed by atoms with Crippen molar-refractivity contribution in [3.63, 3.8) is 0 Å². The quantitative estimate of drug-likeness (QED) is 0.625. The lowest BCUT2D eigenvalue weighted by atomic mass is 10.3. The highest BCUT2D eigenvalue weighted by atomic mass is 32.2. The highest BCUT2D eigenvalue weighted by Gasteiger charge is 2.08. The van der Waals surface area contributed by atoms with Crippen LogP contribution < -0.4 is 16.6 Å². The summed E-state index contributed by atoms with van der Waals surface area (Å²) in [4.78, 5) is 42.8. The van der Waals surface area contributed by atoms with Crippen molar-refractivity contribution < 1.29 is 4.79 Å². The number of aromatic nitrogens is 3. The van der Waals surface area contributed by atoms with Gasteiger partial charge < -0.3 is 5.32 Å². The van der Waals surface area contributed by atoms with Gasteiger partial charge in [-0.25, -0.2) is 9.78 Å². The number of carbonyl (C=O) groups excluding carboxylic acids is 1. The first kappa shape index (κ1) is 14.5. The number of aromatic amines is 2. The van der Waals surface area contributed by atoms with Crippen molar-refractivity contribution in [3.05, 3.63) is 51.2 Å². The van der Waals surface area contributed by atoms with Crippen LogP contribution in [0.15, 0.2) is 44.3 Å². The minimum absolute atomic E-state index is 0.0728. The van der Waals surface area contributed by atoms with E-state index in [0.29, 0.717) is 0 Å². The van der Waals surface area contributed by atoms with Crippen LogP contribution in [-0.4, -0.2) is 26.6 Å². The number of fused-ring (bicyclic) bond motifs is 1. The number of amides is 1. The van der Waals surface area contributed by atoms with E-state index in [0.717, 1.165) is 20.6 Å². The summed E-state index contributed by atoms with van der Waals surface area (Å²) in [6, 6.07) is 8.84. The number of rotatable bonds is 4. The number of thiazole rings is 1. The van der Waals surface area contributed by atoms with Crippen LogP contribution in [0.4, 0.5) is 5.82 Å². The minimum atomic E-state index is -0.665. The van der Waals surface area contributed by atoms with Crippen molar-refractivity contribution in [1.29, 1.82) is 0 Å². The van der Waals surface area contributed by atoms with E-state index in [1.807, 2.05) is 29.2 Å². The molecule has 0 aliphatic carbocycles. The van der Waals surface area contributed by atoms with E-state index in [2.05, 4.69) is 15.3 Å². The predicted octanol–water partition coefficient (Wildman–Crippen LogP) is 1.40. The maximum Gasteiger partial charge on any atom is 0.327 e. The van der Waals surface area contributed by atoms with Crippen molar-refractivity contribution in [1.82, 2.24) is 15.0 Å². The van der Waals surface area contributed by atoms with Crippen LogP contribution in [0, 0.1) is 0 Å². The molecule has 0 fully saturated rings. The first-order chi connectivity index (χ1) is 10.6. The number of anilines is 1. The Balaban J connectivity index is 1.64. The fourth-order valence-electron chi connectivity index (χ4n) is 1.76. The molecule has 0 bridgehead atoms. The van der Waals surface area contributed by atoms with E-state index in [4.69, 9.17) is 0 Å². The normalized spacial score (nSPS) is 10.7. The standard InChI is InChI=1S/C13H10N4O3S2/c18-10-5-9(16-12(20)17-10)15-11(19)6-21-13-14-7-3-1-2-4-8(7)22-13/h1-5H,6H2,(H3,15,16,17,18,19,20). The predicted molar refractivity (Wildman–Crippen MR) is 86.7 cm³/mol. The van der Waals surface area contributed by atoms with E-state index >= 15 is 0 Å². The molecule has 0 radical (unpaired) electrons. The van der Waals surface area contributed by atoms with E-state index in [1.165, 1.54) is 23.1 Å². The van der Waals surface area contributed by atoms with Crippen LogP contribution in [0.5, 0.6) is 0 Å². The molecule has 9 heteroatoms. The van der Waals surface area contributed by atoms with Gasteiger partial charge in [0.15, 0.2) is 4.34 Å². The molecule has 2 aromatic heterocycles. The second-order valence-electron chi connectivity index (χ2n) is 4.29. The zero-order valence-electron chi connectivity index (χ0n) is 11.1. The van der Waals surface area contributed by atoms with E-state index in [-0.39, 0.29) is 17.5 Å². The first-order valence-electron chi connectivity index (χ1n) is 6.22. The van der Waals surface area contributed by atoms with Crippen LogP contribution in [0.3, 0.4) is 0 Å². The maximum atomic E-state index is 11.8. The monoisotopic (exact) mass is 334 g/mol. The Kier molecular flexibility index (Phi) is 4.07. The Morgan fingerprint density at radius 2 is 2.09 bits per heavy atom. The van der Waals surface area contributed by atoms with Gasteiger partial charge in [-0.2, -0.15) is 0 Å². The van der Waals surface area contributed by atoms with Gasteiger partial charge in [0.05, 0.1) is 16.0 Å². The highest BCUT2D eigenvalue weighted by molar-refractivity contribution is 8.01. The highest BCUT2D eigenvalue weighted by Crippen LogP contribution is 2.29. The van der Waals surface area contributed by atoms with Gasteiger partial charge in [0.2, 0.25) is 5.91 Å². The summed E-state index contributed by atoms with van der Waals surface area (Å²) in [5.41, 5.74) is -0.339. The molecule has 0 unspecified atom stereocenters. The lowest BCUT2D eigenvalue weighted by molar-refractivity contribution is -0.113. The zero-order valence-corrected chi connectivity index (χ0v) is 12.7. The molecule has 112 valence electrons. The summed E-state index contributed by atoms with van der Waals surface area (Å²) in [5.74, 6) is -0.122. The molecule has 3 rings (SSSR count). The van der Waals surface area contributed by atoms with Crippen LogP contribution in [-0.2, 0) is 4.79 Å². The molecule has 1 amide bonds. The Bertz CT molecular complexity index is 883. The molecule has 0 aliphatic heterocycles. The number of para-hydroxylation sites is 1. The fraction of sp³-hybridized carbons (Fsp3) is 0.0769. The molecule has 22 heavy (non-hydrogen) atoms.